The predicted molar refractivity (Wildman–Crippen MR) is 71.2 cm³/mol. The van der Waals surface area contributed by atoms with E-state index in [0.29, 0.717) is 17.9 Å². The zero-order valence-corrected chi connectivity index (χ0v) is 10.9. The Bertz CT molecular complexity index is 325. The second-order valence-corrected chi connectivity index (χ2v) is 5.17. The predicted octanol–water partition coefficient (Wildman–Crippen LogP) is 2.80. The molecule has 0 bridgehead atoms. The molecule has 2 rings (SSSR count). The molecule has 1 fully saturated rings. The van der Waals surface area contributed by atoms with Gasteiger partial charge in [0.05, 0.1) is 6.61 Å². The van der Waals surface area contributed by atoms with Crippen molar-refractivity contribution < 1.29 is 4.74 Å². The molecule has 1 aliphatic heterocycles. The molecule has 1 heterocycles. The minimum absolute atomic E-state index is 0.575. The lowest BCUT2D eigenvalue weighted by molar-refractivity contribution is 0.0389. The van der Waals surface area contributed by atoms with E-state index >= 15 is 0 Å². The fraction of sp³-hybridized carbons (Fsp3) is 0.600. The van der Waals surface area contributed by atoms with Crippen LogP contribution in [0.1, 0.15) is 31.7 Å². The van der Waals surface area contributed by atoms with E-state index in [9.17, 15) is 0 Å². The second-order valence-electron chi connectivity index (χ2n) is 5.17. The molecule has 1 N–H and O–H groups in total. The lowest BCUT2D eigenvalue weighted by Gasteiger charge is -2.30. The Hall–Kier alpha value is -0.860. The third-order valence-electron chi connectivity index (χ3n) is 3.70. The average Bonchev–Trinajstić information content (AvgIpc) is 2.38. The van der Waals surface area contributed by atoms with Crippen LogP contribution in [0.3, 0.4) is 0 Å². The van der Waals surface area contributed by atoms with E-state index in [2.05, 4.69) is 49.5 Å². The highest BCUT2D eigenvalue weighted by atomic mass is 16.5. The summed E-state index contributed by atoms with van der Waals surface area (Å²) in [7, 11) is 0. The van der Waals surface area contributed by atoms with Crippen LogP contribution < -0.4 is 5.32 Å². The molecule has 2 heteroatoms. The molecule has 0 aliphatic carbocycles. The Kier molecular flexibility index (Phi) is 4.57. The standard InChI is InChI=1S/C15H23NO/c1-12(14-6-4-3-5-7-14)10-16-15-8-9-17-11-13(15)2/h3-7,12-13,15-16H,8-11H2,1-2H3. The summed E-state index contributed by atoms with van der Waals surface area (Å²) in [5, 5.41) is 3.69. The summed E-state index contributed by atoms with van der Waals surface area (Å²) in [6.45, 7) is 7.41. The molecule has 94 valence electrons. The summed E-state index contributed by atoms with van der Waals surface area (Å²) in [4.78, 5) is 0. The van der Waals surface area contributed by atoms with Gasteiger partial charge in [-0.05, 0) is 23.8 Å². The fourth-order valence-electron chi connectivity index (χ4n) is 2.41. The van der Waals surface area contributed by atoms with Gasteiger partial charge in [0.2, 0.25) is 0 Å². The molecule has 1 saturated heterocycles. The normalized spacial score (nSPS) is 26.7. The maximum atomic E-state index is 5.46. The topological polar surface area (TPSA) is 21.3 Å². The van der Waals surface area contributed by atoms with Gasteiger partial charge in [-0.15, -0.1) is 0 Å². The molecule has 0 amide bonds. The lowest BCUT2D eigenvalue weighted by Crippen LogP contribution is -2.42. The number of benzene rings is 1. The molecule has 0 spiro atoms. The van der Waals surface area contributed by atoms with Crippen molar-refractivity contribution in [3.8, 4) is 0 Å². The monoisotopic (exact) mass is 233 g/mol. The summed E-state index contributed by atoms with van der Waals surface area (Å²) < 4.78 is 5.46. The van der Waals surface area contributed by atoms with Crippen LogP contribution in [0.15, 0.2) is 30.3 Å². The summed E-state index contributed by atoms with van der Waals surface area (Å²) in [5.74, 6) is 1.21. The first-order chi connectivity index (χ1) is 8.27. The van der Waals surface area contributed by atoms with Gasteiger partial charge >= 0.3 is 0 Å². The quantitative estimate of drug-likeness (QED) is 0.863. The van der Waals surface area contributed by atoms with E-state index in [1.807, 2.05) is 0 Å². The Morgan fingerprint density at radius 3 is 2.82 bits per heavy atom. The van der Waals surface area contributed by atoms with Gasteiger partial charge in [0.15, 0.2) is 0 Å². The van der Waals surface area contributed by atoms with Crippen molar-refractivity contribution in [1.82, 2.24) is 5.32 Å². The maximum Gasteiger partial charge on any atom is 0.0506 e. The van der Waals surface area contributed by atoms with Crippen LogP contribution in [0.5, 0.6) is 0 Å². The summed E-state index contributed by atoms with van der Waals surface area (Å²) in [6.07, 6.45) is 1.14. The first kappa shape index (κ1) is 12.6. The van der Waals surface area contributed by atoms with Crippen molar-refractivity contribution in [3.63, 3.8) is 0 Å². The molecule has 3 atom stereocenters. The minimum Gasteiger partial charge on any atom is -0.381 e. The SMILES string of the molecule is CC(CNC1CCOCC1C)c1ccccc1. The van der Waals surface area contributed by atoms with E-state index in [-0.39, 0.29) is 0 Å². The van der Waals surface area contributed by atoms with E-state index in [1.165, 1.54) is 5.56 Å². The molecule has 1 aromatic rings. The first-order valence-electron chi connectivity index (χ1n) is 6.63. The van der Waals surface area contributed by atoms with E-state index < -0.39 is 0 Å². The summed E-state index contributed by atoms with van der Waals surface area (Å²) in [5.41, 5.74) is 1.42. The number of hydrogen-bond acceptors (Lipinski definition) is 2. The summed E-state index contributed by atoms with van der Waals surface area (Å²) in [6, 6.07) is 11.3. The number of rotatable bonds is 4. The van der Waals surface area contributed by atoms with E-state index in [4.69, 9.17) is 4.74 Å². The van der Waals surface area contributed by atoms with Gasteiger partial charge in [0, 0.05) is 19.2 Å². The molecule has 17 heavy (non-hydrogen) atoms. The van der Waals surface area contributed by atoms with E-state index in [0.717, 1.165) is 26.2 Å². The van der Waals surface area contributed by atoms with Gasteiger partial charge in [-0.2, -0.15) is 0 Å². The number of nitrogens with one attached hydrogen (secondary N) is 1. The minimum atomic E-state index is 0.575. The molecular weight excluding hydrogens is 210 g/mol. The van der Waals surface area contributed by atoms with Crippen LogP contribution >= 0.6 is 0 Å². The van der Waals surface area contributed by atoms with Crippen molar-refractivity contribution in [2.75, 3.05) is 19.8 Å². The van der Waals surface area contributed by atoms with Crippen LogP contribution in [0.4, 0.5) is 0 Å². The van der Waals surface area contributed by atoms with Gasteiger partial charge < -0.3 is 10.1 Å². The molecular formula is C15H23NO. The number of hydrogen-bond donors (Lipinski definition) is 1. The third kappa shape index (κ3) is 3.55. The van der Waals surface area contributed by atoms with Crippen LogP contribution in [0, 0.1) is 5.92 Å². The lowest BCUT2D eigenvalue weighted by atomic mass is 9.96. The maximum absolute atomic E-state index is 5.46. The third-order valence-corrected chi connectivity index (χ3v) is 3.70. The number of ether oxygens (including phenoxy) is 1. The van der Waals surface area contributed by atoms with Gasteiger partial charge in [-0.3, -0.25) is 0 Å². The largest absolute Gasteiger partial charge is 0.381 e. The van der Waals surface area contributed by atoms with Crippen molar-refractivity contribution >= 4 is 0 Å². The zero-order chi connectivity index (χ0) is 12.1. The van der Waals surface area contributed by atoms with Gasteiger partial charge in [0.1, 0.15) is 0 Å². The Morgan fingerprint density at radius 1 is 1.35 bits per heavy atom. The Balaban J connectivity index is 1.81. The molecule has 1 aromatic carbocycles. The Labute approximate surface area is 104 Å². The molecule has 3 unspecified atom stereocenters. The van der Waals surface area contributed by atoms with Crippen molar-refractivity contribution in [2.24, 2.45) is 5.92 Å². The Morgan fingerprint density at radius 2 is 2.12 bits per heavy atom. The zero-order valence-electron chi connectivity index (χ0n) is 10.9. The van der Waals surface area contributed by atoms with Crippen LogP contribution in [-0.2, 0) is 4.74 Å². The highest BCUT2D eigenvalue weighted by Gasteiger charge is 2.21. The molecule has 0 radical (unpaired) electrons. The molecule has 1 aliphatic rings. The smallest absolute Gasteiger partial charge is 0.0506 e. The summed E-state index contributed by atoms with van der Waals surface area (Å²) >= 11 is 0. The molecule has 2 nitrogen and oxygen atoms in total. The molecule has 0 aromatic heterocycles. The first-order valence-corrected chi connectivity index (χ1v) is 6.63. The van der Waals surface area contributed by atoms with Gasteiger partial charge in [-0.1, -0.05) is 44.2 Å². The van der Waals surface area contributed by atoms with Gasteiger partial charge in [-0.25, -0.2) is 0 Å². The van der Waals surface area contributed by atoms with Crippen LogP contribution in [0.25, 0.3) is 0 Å². The van der Waals surface area contributed by atoms with Crippen molar-refractivity contribution in [1.29, 1.82) is 0 Å². The van der Waals surface area contributed by atoms with Crippen molar-refractivity contribution in [3.05, 3.63) is 35.9 Å². The fourth-order valence-corrected chi connectivity index (χ4v) is 2.41. The van der Waals surface area contributed by atoms with E-state index in [1.54, 1.807) is 0 Å². The van der Waals surface area contributed by atoms with Crippen molar-refractivity contribution in [2.45, 2.75) is 32.2 Å². The molecule has 0 saturated carbocycles. The average molecular weight is 233 g/mol. The van der Waals surface area contributed by atoms with Gasteiger partial charge in [0.25, 0.3) is 0 Å². The van der Waals surface area contributed by atoms with Crippen LogP contribution in [-0.4, -0.2) is 25.8 Å². The van der Waals surface area contributed by atoms with Crippen LogP contribution in [0.2, 0.25) is 0 Å². The second kappa shape index (κ2) is 6.18. The highest BCUT2D eigenvalue weighted by Crippen LogP contribution is 2.17. The highest BCUT2D eigenvalue weighted by molar-refractivity contribution is 5.19.